The van der Waals surface area contributed by atoms with Crippen molar-refractivity contribution in [2.75, 3.05) is 19.8 Å². The first-order chi connectivity index (χ1) is 18.0. The van der Waals surface area contributed by atoms with Gasteiger partial charge in [0.15, 0.2) is 0 Å². The fraction of sp³-hybridized carbons (Fsp3) is 0.500. The van der Waals surface area contributed by atoms with E-state index in [9.17, 15) is 19.5 Å². The minimum absolute atomic E-state index is 0.163. The second-order valence-corrected chi connectivity index (χ2v) is 11.5. The van der Waals surface area contributed by atoms with Crippen LogP contribution in [0.3, 0.4) is 0 Å². The van der Waals surface area contributed by atoms with Gasteiger partial charge in [-0.1, -0.05) is 41.7 Å². The van der Waals surface area contributed by atoms with E-state index >= 15 is 0 Å². The van der Waals surface area contributed by atoms with Crippen LogP contribution in [0, 0.1) is 11.8 Å². The maximum absolute atomic E-state index is 14.3. The fourth-order valence-corrected chi connectivity index (χ4v) is 8.10. The number of carbonyl (C=O) groups is 3. The van der Waals surface area contributed by atoms with Crippen molar-refractivity contribution in [2.24, 2.45) is 11.8 Å². The molecule has 1 N–H and O–H groups in total. The molecular formula is C26H29N5O5S. The molecular weight excluding hydrogens is 494 g/mol. The Morgan fingerprint density at radius 3 is 2.89 bits per heavy atom. The number of rotatable bonds is 4. The summed E-state index contributed by atoms with van der Waals surface area (Å²) in [4.78, 5) is 44.7. The highest BCUT2D eigenvalue weighted by Crippen LogP contribution is 2.61. The zero-order chi connectivity index (χ0) is 25.7. The summed E-state index contributed by atoms with van der Waals surface area (Å²) in [5.41, 5.74) is 1.53. The van der Waals surface area contributed by atoms with Crippen molar-refractivity contribution >= 4 is 40.6 Å². The van der Waals surface area contributed by atoms with Gasteiger partial charge in [-0.25, -0.2) is 4.68 Å². The second kappa shape index (κ2) is 9.29. The average Bonchev–Trinajstić information content (AvgIpc) is 3.51. The number of thioether (sulfide) groups is 1. The number of hydrogen-bond acceptors (Lipinski definition) is 8. The van der Waals surface area contributed by atoms with Gasteiger partial charge in [-0.05, 0) is 31.9 Å². The molecule has 4 aliphatic rings. The van der Waals surface area contributed by atoms with Gasteiger partial charge in [0.1, 0.15) is 18.2 Å². The highest BCUT2D eigenvalue weighted by atomic mass is 32.2. The maximum atomic E-state index is 14.3. The molecule has 4 aliphatic heterocycles. The number of aromatic nitrogens is 3. The van der Waals surface area contributed by atoms with Crippen LogP contribution in [-0.4, -0.2) is 89.5 Å². The van der Waals surface area contributed by atoms with Gasteiger partial charge in [0.05, 0.1) is 41.4 Å². The summed E-state index contributed by atoms with van der Waals surface area (Å²) in [5, 5.41) is 18.2. The fourth-order valence-electron chi connectivity index (χ4n) is 6.11. The molecule has 2 saturated heterocycles. The third-order valence-electron chi connectivity index (χ3n) is 7.84. The van der Waals surface area contributed by atoms with Gasteiger partial charge in [-0.15, -0.1) is 16.9 Å². The molecule has 2 amide bonds. The van der Waals surface area contributed by atoms with Crippen LogP contribution in [0.1, 0.15) is 19.8 Å². The van der Waals surface area contributed by atoms with Gasteiger partial charge in [-0.2, -0.15) is 0 Å². The van der Waals surface area contributed by atoms with Crippen molar-refractivity contribution in [1.29, 1.82) is 0 Å². The van der Waals surface area contributed by atoms with E-state index in [1.165, 1.54) is 16.7 Å². The maximum Gasteiger partial charge on any atom is 0.311 e. The number of cyclic esters (lactones) is 1. The lowest BCUT2D eigenvalue weighted by molar-refractivity contribution is -0.153. The summed E-state index contributed by atoms with van der Waals surface area (Å²) in [6.45, 7) is 2.23. The van der Waals surface area contributed by atoms with E-state index in [4.69, 9.17) is 4.74 Å². The Kier molecular flexibility index (Phi) is 6.07. The number of likely N-dealkylation sites (tertiary alicyclic amines) is 1. The lowest BCUT2D eigenvalue weighted by Crippen LogP contribution is -2.56. The van der Waals surface area contributed by atoms with Crippen LogP contribution < -0.4 is 0 Å². The summed E-state index contributed by atoms with van der Waals surface area (Å²) in [5.74, 6) is -2.38. The van der Waals surface area contributed by atoms with Gasteiger partial charge < -0.3 is 19.6 Å². The summed E-state index contributed by atoms with van der Waals surface area (Å²) >= 11 is 1.50. The summed E-state index contributed by atoms with van der Waals surface area (Å²) < 4.78 is 6.30. The number of amides is 2. The number of allylic oxidation sites excluding steroid dienone is 1. The van der Waals surface area contributed by atoms with E-state index in [1.54, 1.807) is 16.5 Å². The molecule has 6 rings (SSSR count). The van der Waals surface area contributed by atoms with Crippen LogP contribution in [0.25, 0.3) is 11.0 Å². The summed E-state index contributed by atoms with van der Waals surface area (Å²) in [6.07, 6.45) is 9.43. The number of nitrogens with zero attached hydrogens (tertiary/aromatic N) is 5. The smallest absolute Gasteiger partial charge is 0.311 e. The first kappa shape index (κ1) is 24.2. The molecule has 1 aromatic carbocycles. The number of esters is 1. The van der Waals surface area contributed by atoms with E-state index in [2.05, 4.69) is 10.3 Å². The third-order valence-corrected chi connectivity index (χ3v) is 9.58. The topological polar surface area (TPSA) is 118 Å². The van der Waals surface area contributed by atoms with Gasteiger partial charge >= 0.3 is 5.97 Å². The van der Waals surface area contributed by atoms with E-state index in [0.29, 0.717) is 13.2 Å². The number of hydrogen-bond donors (Lipinski definition) is 1. The van der Waals surface area contributed by atoms with Crippen molar-refractivity contribution in [1.82, 2.24) is 24.8 Å². The number of benzene rings is 1. The van der Waals surface area contributed by atoms with Crippen molar-refractivity contribution in [3.05, 3.63) is 48.6 Å². The molecule has 1 spiro atoms. The van der Waals surface area contributed by atoms with Crippen molar-refractivity contribution in [3.8, 4) is 0 Å². The van der Waals surface area contributed by atoms with Crippen LogP contribution in [0.15, 0.2) is 48.6 Å². The zero-order valence-electron chi connectivity index (χ0n) is 20.5. The molecule has 0 bridgehead atoms. The SMILES string of the molecule is C[C@H](CO)N1C(=O)[C@@H]2[C@H]3C(=O)OCCC/C=C\[C@H]3S[C@@]23C=CCN(Cn2nnc4ccccc42)C(=O)C13. The Bertz CT molecular complexity index is 1310. The summed E-state index contributed by atoms with van der Waals surface area (Å²) in [7, 11) is 0. The Hall–Kier alpha value is -3.18. The van der Waals surface area contributed by atoms with E-state index in [0.717, 1.165) is 23.9 Å². The lowest BCUT2D eigenvalue weighted by Gasteiger charge is -2.37. The van der Waals surface area contributed by atoms with Crippen LogP contribution in [0.4, 0.5) is 0 Å². The molecule has 10 nitrogen and oxygen atoms in total. The van der Waals surface area contributed by atoms with E-state index < -0.39 is 34.6 Å². The molecule has 6 atom stereocenters. The highest BCUT2D eigenvalue weighted by Gasteiger charge is 2.71. The molecule has 194 valence electrons. The summed E-state index contributed by atoms with van der Waals surface area (Å²) in [6, 6.07) is 6.07. The Balaban J connectivity index is 1.42. The number of para-hydroxylation sites is 1. The second-order valence-electron chi connectivity index (χ2n) is 10.0. The predicted molar refractivity (Wildman–Crippen MR) is 136 cm³/mol. The van der Waals surface area contributed by atoms with Crippen molar-refractivity contribution in [3.63, 3.8) is 0 Å². The first-order valence-electron chi connectivity index (χ1n) is 12.6. The molecule has 2 fully saturated rings. The molecule has 5 heterocycles. The Morgan fingerprint density at radius 1 is 1.22 bits per heavy atom. The Morgan fingerprint density at radius 2 is 2.05 bits per heavy atom. The predicted octanol–water partition coefficient (Wildman–Crippen LogP) is 1.36. The molecule has 0 radical (unpaired) electrons. The molecule has 0 aliphatic carbocycles. The quantitative estimate of drug-likeness (QED) is 0.472. The minimum Gasteiger partial charge on any atom is -0.465 e. The first-order valence-corrected chi connectivity index (χ1v) is 13.5. The normalized spacial score (nSPS) is 33.2. The van der Waals surface area contributed by atoms with Crippen LogP contribution in [0.2, 0.25) is 0 Å². The molecule has 37 heavy (non-hydrogen) atoms. The molecule has 2 aromatic rings. The van der Waals surface area contributed by atoms with Gasteiger partial charge in [-0.3, -0.25) is 14.4 Å². The van der Waals surface area contributed by atoms with Crippen LogP contribution in [0.5, 0.6) is 0 Å². The zero-order valence-corrected chi connectivity index (χ0v) is 21.3. The highest BCUT2D eigenvalue weighted by molar-refractivity contribution is 8.02. The van der Waals surface area contributed by atoms with Crippen LogP contribution >= 0.6 is 11.8 Å². The van der Waals surface area contributed by atoms with Crippen LogP contribution in [-0.2, 0) is 25.8 Å². The van der Waals surface area contributed by atoms with E-state index in [1.807, 2.05) is 48.6 Å². The number of aliphatic hydroxyl groups is 1. The molecule has 1 aromatic heterocycles. The van der Waals surface area contributed by atoms with Crippen molar-refractivity contribution in [2.45, 2.75) is 48.5 Å². The molecule has 0 saturated carbocycles. The number of fused-ring (bicyclic) bond motifs is 3. The molecule has 11 heteroatoms. The number of ether oxygens (including phenoxy) is 1. The Labute approximate surface area is 218 Å². The van der Waals surface area contributed by atoms with Gasteiger partial charge in [0.25, 0.3) is 0 Å². The average molecular weight is 524 g/mol. The van der Waals surface area contributed by atoms with Gasteiger partial charge in [0.2, 0.25) is 11.8 Å². The third kappa shape index (κ3) is 3.70. The standard InChI is InChI=1S/C26H29N5O5S/c1-16(14-32)31-22-24(34)29(15-30-18-9-5-4-8-17(18)27-28-30)12-7-11-26(22)21(23(31)33)20-19(37-26)10-3-2-6-13-36-25(20)35/h3-5,7-11,16,19-22,32H,2,6,12-15H2,1H3/b10-3-/t16-,19-,20+,21+,22?,26+/m1/s1. The monoisotopic (exact) mass is 523 g/mol. The van der Waals surface area contributed by atoms with Gasteiger partial charge in [0, 0.05) is 11.8 Å². The number of carbonyl (C=O) groups excluding carboxylic acids is 3. The largest absolute Gasteiger partial charge is 0.465 e. The minimum atomic E-state index is -0.950. The van der Waals surface area contributed by atoms with E-state index in [-0.39, 0.29) is 30.3 Å². The lowest BCUT2D eigenvalue weighted by atomic mass is 9.78. The number of aliphatic hydroxyl groups excluding tert-OH is 1. The van der Waals surface area contributed by atoms with Crippen molar-refractivity contribution < 1.29 is 24.2 Å². The molecule has 1 unspecified atom stereocenters.